The molecule has 1 aromatic rings. The van der Waals surface area contributed by atoms with Gasteiger partial charge in [-0.15, -0.1) is 6.58 Å². The molecule has 0 aliphatic carbocycles. The number of hydrogen-bond donors (Lipinski definition) is 2. The molecule has 20 heavy (non-hydrogen) atoms. The molecule has 0 saturated heterocycles. The molecular formula is C14H22N2O3S. The van der Waals surface area contributed by atoms with Gasteiger partial charge in [0.05, 0.1) is 18.1 Å². The maximum Gasteiger partial charge on any atom is 0.240 e. The first-order valence-electron chi connectivity index (χ1n) is 6.43. The lowest BCUT2D eigenvalue weighted by Crippen LogP contribution is -2.28. The minimum absolute atomic E-state index is 0.223. The predicted molar refractivity (Wildman–Crippen MR) is 81.1 cm³/mol. The van der Waals surface area contributed by atoms with E-state index in [1.165, 1.54) is 6.07 Å². The highest BCUT2D eigenvalue weighted by Gasteiger charge is 2.17. The van der Waals surface area contributed by atoms with Gasteiger partial charge in [0, 0.05) is 12.2 Å². The Morgan fingerprint density at radius 1 is 1.35 bits per heavy atom. The molecule has 0 aromatic heterocycles. The molecule has 0 spiro atoms. The first-order valence-corrected chi connectivity index (χ1v) is 7.92. The number of nitrogens with two attached hydrogens (primary N) is 1. The van der Waals surface area contributed by atoms with Gasteiger partial charge in [-0.2, -0.15) is 0 Å². The topological polar surface area (TPSA) is 81.4 Å². The second kappa shape index (κ2) is 7.42. The summed E-state index contributed by atoms with van der Waals surface area (Å²) in [5.74, 6) is 0. The van der Waals surface area contributed by atoms with E-state index in [0.717, 1.165) is 12.0 Å². The lowest BCUT2D eigenvalue weighted by atomic mass is 10.1. The van der Waals surface area contributed by atoms with Crippen molar-refractivity contribution in [2.24, 2.45) is 0 Å². The molecule has 1 rings (SSSR count). The number of sulfonamides is 1. The average Bonchev–Trinajstić information content (AvgIpc) is 2.37. The summed E-state index contributed by atoms with van der Waals surface area (Å²) in [5.41, 5.74) is 7.71. The summed E-state index contributed by atoms with van der Waals surface area (Å²) >= 11 is 0. The molecule has 6 heteroatoms. The lowest BCUT2D eigenvalue weighted by molar-refractivity contribution is 0.144. The third-order valence-corrected chi connectivity index (χ3v) is 4.52. The zero-order valence-corrected chi connectivity index (χ0v) is 12.8. The van der Waals surface area contributed by atoms with Crippen molar-refractivity contribution in [2.75, 3.05) is 25.5 Å². The molecule has 3 N–H and O–H groups in total. The highest BCUT2D eigenvalue weighted by molar-refractivity contribution is 7.89. The van der Waals surface area contributed by atoms with Crippen molar-refractivity contribution in [1.82, 2.24) is 4.72 Å². The molecule has 0 aliphatic rings. The quantitative estimate of drug-likeness (QED) is 0.435. The van der Waals surface area contributed by atoms with Crippen molar-refractivity contribution in [3.05, 3.63) is 35.9 Å². The summed E-state index contributed by atoms with van der Waals surface area (Å²) < 4.78 is 32.2. The number of hydrogen-bond acceptors (Lipinski definition) is 4. The van der Waals surface area contributed by atoms with E-state index in [-0.39, 0.29) is 11.4 Å². The van der Waals surface area contributed by atoms with Crippen LogP contribution in [0.2, 0.25) is 0 Å². The number of benzene rings is 1. The Morgan fingerprint density at radius 2 is 2.05 bits per heavy atom. The zero-order valence-electron chi connectivity index (χ0n) is 12.0. The van der Waals surface area contributed by atoms with Gasteiger partial charge in [-0.3, -0.25) is 0 Å². The van der Waals surface area contributed by atoms with Gasteiger partial charge in [0.1, 0.15) is 0 Å². The predicted octanol–water partition coefficient (Wildman–Crippen LogP) is 1.76. The SMILES string of the molecule is C=CCCOCCNS(=O)(=O)c1cc(N)cc(C)c1C. The van der Waals surface area contributed by atoms with Gasteiger partial charge in [0.15, 0.2) is 0 Å². The van der Waals surface area contributed by atoms with Crippen LogP contribution in [0.3, 0.4) is 0 Å². The number of ether oxygens (including phenoxy) is 1. The second-order valence-electron chi connectivity index (χ2n) is 4.55. The van der Waals surface area contributed by atoms with E-state index < -0.39 is 10.0 Å². The van der Waals surface area contributed by atoms with Crippen LogP contribution in [-0.4, -0.2) is 28.2 Å². The number of nitrogens with one attached hydrogen (secondary N) is 1. The Labute approximate surface area is 120 Å². The standard InChI is InChI=1S/C14H22N2O3S/c1-4-5-7-19-8-6-16-20(17,18)14-10-13(15)9-11(2)12(14)3/h4,9-10,16H,1,5-8,15H2,2-3H3. The molecule has 0 fully saturated rings. The normalized spacial score (nSPS) is 11.5. The molecule has 112 valence electrons. The first kappa shape index (κ1) is 16.7. The van der Waals surface area contributed by atoms with Crippen LogP contribution in [-0.2, 0) is 14.8 Å². The fraction of sp³-hybridized carbons (Fsp3) is 0.429. The summed E-state index contributed by atoms with van der Waals surface area (Å²) in [6.07, 6.45) is 2.50. The van der Waals surface area contributed by atoms with Gasteiger partial charge in [-0.05, 0) is 43.5 Å². The second-order valence-corrected chi connectivity index (χ2v) is 6.28. The molecule has 0 unspecified atom stereocenters. The molecule has 0 heterocycles. The van der Waals surface area contributed by atoms with Crippen molar-refractivity contribution in [1.29, 1.82) is 0 Å². The van der Waals surface area contributed by atoms with Crippen molar-refractivity contribution < 1.29 is 13.2 Å². The maximum atomic E-state index is 12.2. The van der Waals surface area contributed by atoms with E-state index >= 15 is 0 Å². The molecule has 0 radical (unpaired) electrons. The summed E-state index contributed by atoms with van der Waals surface area (Å²) in [5, 5.41) is 0. The molecule has 0 bridgehead atoms. The van der Waals surface area contributed by atoms with Gasteiger partial charge in [-0.1, -0.05) is 6.08 Å². The van der Waals surface area contributed by atoms with Gasteiger partial charge >= 0.3 is 0 Å². The number of rotatable bonds is 8. The van der Waals surface area contributed by atoms with Crippen LogP contribution < -0.4 is 10.5 Å². The molecule has 0 amide bonds. The Balaban J connectivity index is 2.67. The molecule has 5 nitrogen and oxygen atoms in total. The smallest absolute Gasteiger partial charge is 0.240 e. The Bertz CT molecular complexity index is 568. The fourth-order valence-corrected chi connectivity index (χ4v) is 3.09. The van der Waals surface area contributed by atoms with Crippen molar-refractivity contribution >= 4 is 15.7 Å². The number of aryl methyl sites for hydroxylation is 1. The van der Waals surface area contributed by atoms with Gasteiger partial charge in [0.25, 0.3) is 0 Å². The summed E-state index contributed by atoms with van der Waals surface area (Å²) in [4.78, 5) is 0.223. The van der Waals surface area contributed by atoms with E-state index in [4.69, 9.17) is 10.5 Å². The van der Waals surface area contributed by atoms with E-state index in [1.807, 2.05) is 6.92 Å². The average molecular weight is 298 g/mol. The van der Waals surface area contributed by atoms with Crippen molar-refractivity contribution in [3.63, 3.8) is 0 Å². The van der Waals surface area contributed by atoms with E-state index in [9.17, 15) is 8.42 Å². The third-order valence-electron chi connectivity index (χ3n) is 2.94. The van der Waals surface area contributed by atoms with Crippen LogP contribution in [0.5, 0.6) is 0 Å². The Kier molecular flexibility index (Phi) is 6.19. The summed E-state index contributed by atoms with van der Waals surface area (Å²) in [6, 6.07) is 3.23. The number of anilines is 1. The van der Waals surface area contributed by atoms with Crippen molar-refractivity contribution in [3.8, 4) is 0 Å². The first-order chi connectivity index (χ1) is 9.38. The number of nitrogen functional groups attached to an aromatic ring is 1. The maximum absolute atomic E-state index is 12.2. The van der Waals surface area contributed by atoms with Crippen LogP contribution in [0.25, 0.3) is 0 Å². The molecule has 0 aliphatic heterocycles. The lowest BCUT2D eigenvalue weighted by Gasteiger charge is -2.12. The van der Waals surface area contributed by atoms with Crippen LogP contribution in [0.1, 0.15) is 17.5 Å². The largest absolute Gasteiger partial charge is 0.399 e. The minimum Gasteiger partial charge on any atom is -0.399 e. The van der Waals surface area contributed by atoms with Crippen LogP contribution >= 0.6 is 0 Å². The third kappa shape index (κ3) is 4.63. The molecule has 0 atom stereocenters. The highest BCUT2D eigenvalue weighted by atomic mass is 32.2. The molecule has 0 saturated carbocycles. The van der Waals surface area contributed by atoms with E-state index in [2.05, 4.69) is 11.3 Å². The minimum atomic E-state index is -3.56. The van der Waals surface area contributed by atoms with Crippen LogP contribution in [0.15, 0.2) is 29.7 Å². The monoisotopic (exact) mass is 298 g/mol. The van der Waals surface area contributed by atoms with Crippen molar-refractivity contribution in [2.45, 2.75) is 25.2 Å². The van der Waals surface area contributed by atoms with Gasteiger partial charge in [0.2, 0.25) is 10.0 Å². The van der Waals surface area contributed by atoms with Gasteiger partial charge in [-0.25, -0.2) is 13.1 Å². The van der Waals surface area contributed by atoms with E-state index in [0.29, 0.717) is 24.5 Å². The summed E-state index contributed by atoms with van der Waals surface area (Å²) in [7, 11) is -3.56. The Hall–Kier alpha value is -1.37. The van der Waals surface area contributed by atoms with E-state index in [1.54, 1.807) is 19.1 Å². The van der Waals surface area contributed by atoms with Crippen LogP contribution in [0, 0.1) is 13.8 Å². The fourth-order valence-electron chi connectivity index (χ4n) is 1.73. The van der Waals surface area contributed by atoms with Crippen LogP contribution in [0.4, 0.5) is 5.69 Å². The van der Waals surface area contributed by atoms with Gasteiger partial charge < -0.3 is 10.5 Å². The Morgan fingerprint density at radius 3 is 2.70 bits per heavy atom. The summed E-state index contributed by atoms with van der Waals surface area (Å²) in [6.45, 7) is 8.28. The molecule has 1 aromatic carbocycles. The zero-order chi connectivity index (χ0) is 15.2. The highest BCUT2D eigenvalue weighted by Crippen LogP contribution is 2.21. The molecular weight excluding hydrogens is 276 g/mol.